The van der Waals surface area contributed by atoms with Gasteiger partial charge < -0.3 is 10.4 Å². The van der Waals surface area contributed by atoms with E-state index in [1.54, 1.807) is 0 Å². The van der Waals surface area contributed by atoms with Crippen molar-refractivity contribution in [2.45, 2.75) is 70.4 Å². The maximum absolute atomic E-state index is 10.9. The van der Waals surface area contributed by atoms with Crippen LogP contribution in [0.5, 0.6) is 0 Å². The van der Waals surface area contributed by atoms with Gasteiger partial charge in [-0.05, 0) is 19.3 Å². The van der Waals surface area contributed by atoms with Crippen LogP contribution in [-0.2, 0) is 4.79 Å². The summed E-state index contributed by atoms with van der Waals surface area (Å²) in [5, 5.41) is 12.2. The monoisotopic (exact) mass is 236 g/mol. The van der Waals surface area contributed by atoms with Crippen LogP contribution in [-0.4, -0.2) is 52.7 Å². The molecule has 1 aliphatic rings. The predicted molar refractivity (Wildman–Crippen MR) is 66.7 cm³/mol. The molecule has 4 heteroatoms. The molecule has 1 radical (unpaired) electrons. The van der Waals surface area contributed by atoms with Gasteiger partial charge in [0, 0.05) is 35.6 Å². The molecular formula is C12H23NNaO2. The average Bonchev–Trinajstić information content (AvgIpc) is 2.15. The van der Waals surface area contributed by atoms with Gasteiger partial charge in [0.05, 0.1) is 0 Å². The van der Waals surface area contributed by atoms with E-state index in [-0.39, 0.29) is 35.6 Å². The van der Waals surface area contributed by atoms with Crippen LogP contribution in [0.15, 0.2) is 0 Å². The molecule has 3 nitrogen and oxygen atoms in total. The Kier molecular flexibility index (Phi) is 9.71. The first-order valence-electron chi connectivity index (χ1n) is 6.23. The summed E-state index contributed by atoms with van der Waals surface area (Å²) in [4.78, 5) is 10.9. The Labute approximate surface area is 121 Å². The van der Waals surface area contributed by atoms with E-state index in [1.807, 2.05) is 6.92 Å². The number of hydrogen-bond acceptors (Lipinski definition) is 2. The van der Waals surface area contributed by atoms with E-state index in [0.717, 1.165) is 12.8 Å². The number of carboxylic acid groups (broad SMARTS) is 1. The molecule has 0 aromatic carbocycles. The fourth-order valence-corrected chi connectivity index (χ4v) is 2.27. The molecule has 0 bridgehead atoms. The number of carboxylic acids is 1. The standard InChI is InChI=1S/C12H23NO2.Na/c1-2-11(12(14)15)13-10-8-6-4-3-5-7-9-10;/h10-11,13H,2-9H2,1H3,(H,14,15);. The molecule has 0 saturated heterocycles. The number of carbonyl (C=O) groups is 1. The summed E-state index contributed by atoms with van der Waals surface area (Å²) in [7, 11) is 0. The SMILES string of the molecule is CCC(NC1CCCCCCC1)C(=O)O.[Na]. The Morgan fingerprint density at radius 2 is 1.75 bits per heavy atom. The van der Waals surface area contributed by atoms with E-state index in [0.29, 0.717) is 12.5 Å². The molecule has 0 spiro atoms. The molecule has 2 N–H and O–H groups in total. The fraction of sp³-hybridized carbons (Fsp3) is 0.917. The molecule has 1 aliphatic carbocycles. The molecule has 0 amide bonds. The summed E-state index contributed by atoms with van der Waals surface area (Å²) in [5.74, 6) is -0.709. The summed E-state index contributed by atoms with van der Waals surface area (Å²) in [5.41, 5.74) is 0. The maximum Gasteiger partial charge on any atom is 0.320 e. The molecule has 1 rings (SSSR count). The number of aliphatic carboxylic acids is 1. The largest absolute Gasteiger partial charge is 0.480 e. The van der Waals surface area contributed by atoms with Gasteiger partial charge in [0.15, 0.2) is 0 Å². The van der Waals surface area contributed by atoms with E-state index in [1.165, 1.54) is 32.1 Å². The third-order valence-electron chi connectivity index (χ3n) is 3.25. The van der Waals surface area contributed by atoms with Crippen LogP contribution in [0.3, 0.4) is 0 Å². The van der Waals surface area contributed by atoms with E-state index < -0.39 is 5.97 Å². The van der Waals surface area contributed by atoms with E-state index in [4.69, 9.17) is 5.11 Å². The Bertz CT molecular complexity index is 191. The van der Waals surface area contributed by atoms with Crippen molar-refractivity contribution in [2.75, 3.05) is 0 Å². The second-order valence-corrected chi connectivity index (χ2v) is 4.51. The van der Waals surface area contributed by atoms with E-state index in [2.05, 4.69) is 5.32 Å². The Morgan fingerprint density at radius 3 is 2.19 bits per heavy atom. The van der Waals surface area contributed by atoms with Crippen molar-refractivity contribution in [1.82, 2.24) is 5.32 Å². The summed E-state index contributed by atoms with van der Waals surface area (Å²) in [6.45, 7) is 1.93. The van der Waals surface area contributed by atoms with Crippen molar-refractivity contribution in [3.8, 4) is 0 Å². The van der Waals surface area contributed by atoms with Crippen molar-refractivity contribution >= 4 is 35.5 Å². The average molecular weight is 236 g/mol. The summed E-state index contributed by atoms with van der Waals surface area (Å²) in [6.07, 6.45) is 9.41. The normalized spacial score (nSPS) is 20.3. The van der Waals surface area contributed by atoms with Crippen LogP contribution in [0, 0.1) is 0 Å². The van der Waals surface area contributed by atoms with Crippen molar-refractivity contribution in [2.24, 2.45) is 0 Å². The zero-order chi connectivity index (χ0) is 11.1. The molecule has 0 heterocycles. The van der Waals surface area contributed by atoms with Crippen molar-refractivity contribution in [1.29, 1.82) is 0 Å². The zero-order valence-electron chi connectivity index (χ0n) is 10.7. The molecule has 89 valence electrons. The molecule has 0 aromatic rings. The minimum atomic E-state index is -0.709. The second-order valence-electron chi connectivity index (χ2n) is 4.51. The second kappa shape index (κ2) is 9.46. The van der Waals surface area contributed by atoms with Gasteiger partial charge in [-0.1, -0.05) is 39.0 Å². The molecule has 0 aliphatic heterocycles. The Balaban J connectivity index is 0.00000225. The van der Waals surface area contributed by atoms with E-state index >= 15 is 0 Å². The number of nitrogens with one attached hydrogen (secondary N) is 1. The Hall–Kier alpha value is 0.430. The third-order valence-corrected chi connectivity index (χ3v) is 3.25. The first-order valence-corrected chi connectivity index (χ1v) is 6.23. The van der Waals surface area contributed by atoms with Gasteiger partial charge in [0.25, 0.3) is 0 Å². The number of hydrogen-bond donors (Lipinski definition) is 2. The summed E-state index contributed by atoms with van der Waals surface area (Å²) in [6, 6.07) is 0.0702. The van der Waals surface area contributed by atoms with Crippen LogP contribution < -0.4 is 5.32 Å². The fourth-order valence-electron chi connectivity index (χ4n) is 2.27. The zero-order valence-corrected chi connectivity index (χ0v) is 12.7. The van der Waals surface area contributed by atoms with Gasteiger partial charge in [0.1, 0.15) is 6.04 Å². The topological polar surface area (TPSA) is 49.3 Å². The van der Waals surface area contributed by atoms with Gasteiger partial charge >= 0.3 is 5.97 Å². The van der Waals surface area contributed by atoms with Crippen LogP contribution in [0.4, 0.5) is 0 Å². The predicted octanol–water partition coefficient (Wildman–Crippen LogP) is 2.17. The quantitative estimate of drug-likeness (QED) is 0.735. The molecule has 1 saturated carbocycles. The van der Waals surface area contributed by atoms with Gasteiger partial charge in [-0.25, -0.2) is 0 Å². The third kappa shape index (κ3) is 6.24. The van der Waals surface area contributed by atoms with Crippen LogP contribution in [0.1, 0.15) is 58.3 Å². The summed E-state index contributed by atoms with van der Waals surface area (Å²) >= 11 is 0. The van der Waals surface area contributed by atoms with Crippen molar-refractivity contribution in [3.63, 3.8) is 0 Å². The molecule has 1 atom stereocenters. The van der Waals surface area contributed by atoms with Crippen LogP contribution >= 0.6 is 0 Å². The molecule has 0 aromatic heterocycles. The van der Waals surface area contributed by atoms with Crippen molar-refractivity contribution in [3.05, 3.63) is 0 Å². The van der Waals surface area contributed by atoms with Crippen LogP contribution in [0.2, 0.25) is 0 Å². The first kappa shape index (κ1) is 16.4. The number of rotatable bonds is 4. The van der Waals surface area contributed by atoms with Gasteiger partial charge in [0.2, 0.25) is 0 Å². The van der Waals surface area contributed by atoms with E-state index in [9.17, 15) is 4.79 Å². The molecule has 1 fully saturated rings. The first-order chi connectivity index (χ1) is 7.24. The molecule has 16 heavy (non-hydrogen) atoms. The molecular weight excluding hydrogens is 213 g/mol. The van der Waals surface area contributed by atoms with Gasteiger partial charge in [-0.15, -0.1) is 0 Å². The Morgan fingerprint density at radius 1 is 1.25 bits per heavy atom. The molecule has 1 unspecified atom stereocenters. The smallest absolute Gasteiger partial charge is 0.320 e. The van der Waals surface area contributed by atoms with Gasteiger partial charge in [-0.3, -0.25) is 4.79 Å². The minimum Gasteiger partial charge on any atom is -0.480 e. The van der Waals surface area contributed by atoms with Gasteiger partial charge in [-0.2, -0.15) is 0 Å². The van der Waals surface area contributed by atoms with Crippen LogP contribution in [0.25, 0.3) is 0 Å². The van der Waals surface area contributed by atoms with Crippen molar-refractivity contribution < 1.29 is 9.90 Å². The maximum atomic E-state index is 10.9. The minimum absolute atomic E-state index is 0. The summed E-state index contributed by atoms with van der Waals surface area (Å²) < 4.78 is 0.